The number of hydrogen-bond donors (Lipinski definition) is 1. The molecule has 0 spiro atoms. The van der Waals surface area contributed by atoms with E-state index in [1.807, 2.05) is 20.8 Å². The van der Waals surface area contributed by atoms with Crippen LogP contribution in [0, 0.1) is 11.3 Å². The van der Waals surface area contributed by atoms with Crippen molar-refractivity contribution < 1.29 is 19.1 Å². The van der Waals surface area contributed by atoms with E-state index in [0.29, 0.717) is 30.5 Å². The molecule has 1 aromatic heterocycles. The van der Waals surface area contributed by atoms with Gasteiger partial charge in [-0.2, -0.15) is 0 Å². The minimum atomic E-state index is -0.502. The second kappa shape index (κ2) is 8.62. The number of anilines is 1. The molecular formula is C18H27N3O4S. The zero-order valence-corrected chi connectivity index (χ0v) is 16.6. The van der Waals surface area contributed by atoms with Crippen LogP contribution in [0.4, 0.5) is 5.13 Å². The molecule has 1 aliphatic heterocycles. The van der Waals surface area contributed by atoms with Crippen molar-refractivity contribution in [2.75, 3.05) is 25.0 Å². The standard InChI is InChI=1S/C18H27N3O4S/c1-5-25-15(23)12-7-6-8-21(10-12)14(22)9-13-11-26-17(19-13)20-16(24)18(2,3)4/h11-12H,5-10H2,1-4H3,(H,19,20,24). The summed E-state index contributed by atoms with van der Waals surface area (Å²) in [6.45, 7) is 8.67. The lowest BCUT2D eigenvalue weighted by atomic mass is 9.96. The number of nitrogens with zero attached hydrogens (tertiary/aromatic N) is 2. The second-order valence-corrected chi connectivity index (χ2v) is 8.31. The van der Waals surface area contributed by atoms with E-state index in [-0.39, 0.29) is 30.1 Å². The number of ether oxygens (including phenoxy) is 1. The number of carbonyl (C=O) groups is 3. The highest BCUT2D eigenvalue weighted by Gasteiger charge is 2.29. The summed E-state index contributed by atoms with van der Waals surface area (Å²) in [4.78, 5) is 42.5. The van der Waals surface area contributed by atoms with Crippen LogP contribution in [-0.2, 0) is 25.5 Å². The van der Waals surface area contributed by atoms with Crippen molar-refractivity contribution in [1.82, 2.24) is 9.88 Å². The molecule has 0 aromatic carbocycles. The normalized spacial score (nSPS) is 17.7. The first-order valence-electron chi connectivity index (χ1n) is 8.91. The largest absolute Gasteiger partial charge is 0.466 e. The first-order chi connectivity index (χ1) is 12.2. The van der Waals surface area contributed by atoms with E-state index < -0.39 is 5.41 Å². The first kappa shape index (κ1) is 20.4. The van der Waals surface area contributed by atoms with E-state index in [1.54, 1.807) is 17.2 Å². The highest BCUT2D eigenvalue weighted by Crippen LogP contribution is 2.22. The number of aromatic nitrogens is 1. The fraction of sp³-hybridized carbons (Fsp3) is 0.667. The maximum atomic E-state index is 12.5. The number of likely N-dealkylation sites (tertiary alicyclic amines) is 1. The number of amides is 2. The van der Waals surface area contributed by atoms with Crippen LogP contribution in [0.5, 0.6) is 0 Å². The van der Waals surface area contributed by atoms with Crippen molar-refractivity contribution in [3.8, 4) is 0 Å². The minimum Gasteiger partial charge on any atom is -0.466 e. The Morgan fingerprint density at radius 2 is 2.12 bits per heavy atom. The van der Waals surface area contributed by atoms with E-state index in [1.165, 1.54) is 11.3 Å². The first-order valence-corrected chi connectivity index (χ1v) is 9.79. The molecule has 1 aliphatic rings. The molecule has 0 bridgehead atoms. The van der Waals surface area contributed by atoms with Crippen molar-refractivity contribution >= 4 is 34.3 Å². The van der Waals surface area contributed by atoms with Crippen LogP contribution in [0.15, 0.2) is 5.38 Å². The third kappa shape index (κ3) is 5.52. The summed E-state index contributed by atoms with van der Waals surface area (Å²) in [5.41, 5.74) is 0.125. The summed E-state index contributed by atoms with van der Waals surface area (Å²) in [6.07, 6.45) is 1.71. The summed E-state index contributed by atoms with van der Waals surface area (Å²) in [7, 11) is 0. The number of esters is 1. The molecule has 2 rings (SSSR count). The molecule has 1 unspecified atom stereocenters. The predicted octanol–water partition coefficient (Wildman–Crippen LogP) is 2.47. The highest BCUT2D eigenvalue weighted by molar-refractivity contribution is 7.13. The number of hydrogen-bond acceptors (Lipinski definition) is 6. The molecule has 2 heterocycles. The van der Waals surface area contributed by atoms with Gasteiger partial charge >= 0.3 is 5.97 Å². The Bertz CT molecular complexity index is 666. The molecule has 2 amide bonds. The molecular weight excluding hydrogens is 354 g/mol. The summed E-state index contributed by atoms with van der Waals surface area (Å²) >= 11 is 1.31. The van der Waals surface area contributed by atoms with Crippen LogP contribution in [0.1, 0.15) is 46.2 Å². The van der Waals surface area contributed by atoms with Crippen molar-refractivity contribution in [2.45, 2.75) is 47.0 Å². The van der Waals surface area contributed by atoms with Gasteiger partial charge in [0.1, 0.15) is 0 Å². The van der Waals surface area contributed by atoms with Gasteiger partial charge in [0.15, 0.2) is 5.13 Å². The van der Waals surface area contributed by atoms with E-state index >= 15 is 0 Å². The minimum absolute atomic E-state index is 0.0574. The highest BCUT2D eigenvalue weighted by atomic mass is 32.1. The van der Waals surface area contributed by atoms with Crippen LogP contribution in [0.3, 0.4) is 0 Å². The number of rotatable bonds is 5. The molecule has 8 heteroatoms. The van der Waals surface area contributed by atoms with Gasteiger partial charge in [0.2, 0.25) is 11.8 Å². The maximum Gasteiger partial charge on any atom is 0.310 e. The third-order valence-corrected chi connectivity index (χ3v) is 4.99. The number of nitrogens with one attached hydrogen (secondary N) is 1. The fourth-order valence-corrected chi connectivity index (χ4v) is 3.36. The van der Waals surface area contributed by atoms with Gasteiger partial charge in [-0.25, -0.2) is 4.98 Å². The van der Waals surface area contributed by atoms with Crippen LogP contribution >= 0.6 is 11.3 Å². The molecule has 1 aromatic rings. The van der Waals surface area contributed by atoms with Gasteiger partial charge in [0, 0.05) is 23.9 Å². The number of piperidine rings is 1. The Kier molecular flexibility index (Phi) is 6.75. The van der Waals surface area contributed by atoms with E-state index in [2.05, 4.69) is 10.3 Å². The zero-order valence-electron chi connectivity index (χ0n) is 15.8. The molecule has 1 N–H and O–H groups in total. The Labute approximate surface area is 158 Å². The van der Waals surface area contributed by atoms with Gasteiger partial charge in [0.05, 0.1) is 24.6 Å². The summed E-state index contributed by atoms with van der Waals surface area (Å²) in [6, 6.07) is 0. The summed E-state index contributed by atoms with van der Waals surface area (Å²) < 4.78 is 5.07. The Morgan fingerprint density at radius 1 is 1.38 bits per heavy atom. The quantitative estimate of drug-likeness (QED) is 0.792. The zero-order chi connectivity index (χ0) is 19.3. The Balaban J connectivity index is 1.91. The smallest absolute Gasteiger partial charge is 0.310 e. The van der Waals surface area contributed by atoms with Crippen LogP contribution in [-0.4, -0.2) is 47.4 Å². The van der Waals surface area contributed by atoms with Crippen molar-refractivity contribution in [3.63, 3.8) is 0 Å². The van der Waals surface area contributed by atoms with E-state index in [0.717, 1.165) is 12.8 Å². The van der Waals surface area contributed by atoms with Gasteiger partial charge in [0.25, 0.3) is 0 Å². The number of carbonyl (C=O) groups excluding carboxylic acids is 3. The van der Waals surface area contributed by atoms with Crippen molar-refractivity contribution in [3.05, 3.63) is 11.1 Å². The van der Waals surface area contributed by atoms with Gasteiger partial charge in [-0.3, -0.25) is 14.4 Å². The lowest BCUT2D eigenvalue weighted by Gasteiger charge is -2.31. The molecule has 0 aliphatic carbocycles. The topological polar surface area (TPSA) is 88.6 Å². The molecule has 1 atom stereocenters. The maximum absolute atomic E-state index is 12.5. The van der Waals surface area contributed by atoms with Gasteiger partial charge in [-0.05, 0) is 19.8 Å². The predicted molar refractivity (Wildman–Crippen MR) is 99.8 cm³/mol. The van der Waals surface area contributed by atoms with Gasteiger partial charge < -0.3 is 15.0 Å². The summed E-state index contributed by atoms with van der Waals surface area (Å²) in [5.74, 6) is -0.647. The number of thiazole rings is 1. The van der Waals surface area contributed by atoms with E-state index in [9.17, 15) is 14.4 Å². The molecule has 144 valence electrons. The van der Waals surface area contributed by atoms with Gasteiger partial charge in [-0.15, -0.1) is 11.3 Å². The summed E-state index contributed by atoms with van der Waals surface area (Å²) in [5, 5.41) is 5.05. The monoisotopic (exact) mass is 381 g/mol. The average Bonchev–Trinajstić information content (AvgIpc) is 3.01. The van der Waals surface area contributed by atoms with Crippen LogP contribution < -0.4 is 5.32 Å². The Hall–Kier alpha value is -1.96. The molecule has 1 fully saturated rings. The average molecular weight is 381 g/mol. The van der Waals surface area contributed by atoms with E-state index in [4.69, 9.17) is 4.74 Å². The van der Waals surface area contributed by atoms with Crippen LogP contribution in [0.2, 0.25) is 0 Å². The van der Waals surface area contributed by atoms with Crippen molar-refractivity contribution in [1.29, 1.82) is 0 Å². The molecule has 26 heavy (non-hydrogen) atoms. The lowest BCUT2D eigenvalue weighted by Crippen LogP contribution is -2.43. The van der Waals surface area contributed by atoms with Crippen molar-refractivity contribution in [2.24, 2.45) is 11.3 Å². The second-order valence-electron chi connectivity index (χ2n) is 7.46. The van der Waals surface area contributed by atoms with Gasteiger partial charge in [-0.1, -0.05) is 20.8 Å². The molecule has 0 saturated carbocycles. The lowest BCUT2D eigenvalue weighted by molar-refractivity contribution is -0.151. The molecule has 7 nitrogen and oxygen atoms in total. The molecule has 1 saturated heterocycles. The fourth-order valence-electron chi connectivity index (χ4n) is 2.65. The van der Waals surface area contributed by atoms with Crippen LogP contribution in [0.25, 0.3) is 0 Å². The SMILES string of the molecule is CCOC(=O)C1CCCN(C(=O)Cc2csc(NC(=O)C(C)(C)C)n2)C1. The Morgan fingerprint density at radius 3 is 2.77 bits per heavy atom. The third-order valence-electron chi connectivity index (χ3n) is 4.18. The molecule has 0 radical (unpaired) electrons.